The Morgan fingerprint density at radius 3 is 2.63 bits per heavy atom. The number of amides is 1. The van der Waals surface area contributed by atoms with Crippen molar-refractivity contribution in [1.82, 2.24) is 4.90 Å². The molecule has 0 aliphatic carbocycles. The van der Waals surface area contributed by atoms with Gasteiger partial charge in [0.1, 0.15) is 0 Å². The average molecular weight is 270 g/mol. The van der Waals surface area contributed by atoms with Crippen molar-refractivity contribution in [2.45, 2.75) is 32.2 Å². The minimum atomic E-state index is -0.851. The van der Waals surface area contributed by atoms with Crippen LogP contribution in [0, 0.1) is 11.6 Å². The van der Waals surface area contributed by atoms with Crippen molar-refractivity contribution < 1.29 is 13.6 Å². The van der Waals surface area contributed by atoms with Crippen LogP contribution in [0.1, 0.15) is 25.3 Å². The maximum absolute atomic E-state index is 13.0. The third-order valence-corrected chi connectivity index (χ3v) is 3.24. The maximum atomic E-state index is 13.0. The largest absolute Gasteiger partial charge is 0.342 e. The quantitative estimate of drug-likeness (QED) is 0.860. The molecule has 0 saturated heterocycles. The van der Waals surface area contributed by atoms with Crippen LogP contribution in [0.3, 0.4) is 0 Å². The van der Waals surface area contributed by atoms with E-state index in [1.165, 1.54) is 12.1 Å². The Hall–Kier alpha value is -1.49. The van der Waals surface area contributed by atoms with Crippen LogP contribution in [0.25, 0.3) is 0 Å². The normalized spacial score (nSPS) is 12.3. The van der Waals surface area contributed by atoms with E-state index in [1.807, 2.05) is 6.92 Å². The Labute approximate surface area is 112 Å². The molecule has 19 heavy (non-hydrogen) atoms. The van der Waals surface area contributed by atoms with Crippen LogP contribution in [-0.2, 0) is 11.2 Å². The summed E-state index contributed by atoms with van der Waals surface area (Å²) in [4.78, 5) is 13.4. The minimum Gasteiger partial charge on any atom is -0.342 e. The SMILES string of the molecule is CC(CN)N(C)C(=O)CCCc1ccc(F)c(F)c1. The highest BCUT2D eigenvalue weighted by molar-refractivity contribution is 5.76. The summed E-state index contributed by atoms with van der Waals surface area (Å²) < 4.78 is 25.7. The summed E-state index contributed by atoms with van der Waals surface area (Å²) in [5.74, 6) is -1.69. The number of hydrogen-bond acceptors (Lipinski definition) is 2. The number of rotatable bonds is 6. The summed E-state index contributed by atoms with van der Waals surface area (Å²) in [6.45, 7) is 2.30. The van der Waals surface area contributed by atoms with Crippen molar-refractivity contribution in [3.8, 4) is 0 Å². The van der Waals surface area contributed by atoms with E-state index in [1.54, 1.807) is 11.9 Å². The Bertz CT molecular complexity index is 437. The lowest BCUT2D eigenvalue weighted by Gasteiger charge is -2.23. The highest BCUT2D eigenvalue weighted by atomic mass is 19.2. The van der Waals surface area contributed by atoms with Gasteiger partial charge in [-0.15, -0.1) is 0 Å². The van der Waals surface area contributed by atoms with E-state index < -0.39 is 11.6 Å². The predicted octanol–water partition coefficient (Wildman–Crippen LogP) is 2.09. The number of carbonyl (C=O) groups excluding carboxylic acids is 1. The van der Waals surface area contributed by atoms with Gasteiger partial charge in [0.25, 0.3) is 0 Å². The van der Waals surface area contributed by atoms with Gasteiger partial charge in [-0.25, -0.2) is 8.78 Å². The van der Waals surface area contributed by atoms with Gasteiger partial charge in [0.15, 0.2) is 11.6 Å². The van der Waals surface area contributed by atoms with Crippen molar-refractivity contribution in [2.75, 3.05) is 13.6 Å². The van der Waals surface area contributed by atoms with E-state index in [0.29, 0.717) is 31.4 Å². The zero-order chi connectivity index (χ0) is 14.4. The lowest BCUT2D eigenvalue weighted by molar-refractivity contribution is -0.131. The lowest BCUT2D eigenvalue weighted by atomic mass is 10.1. The first-order chi connectivity index (χ1) is 8.95. The fraction of sp³-hybridized carbons (Fsp3) is 0.500. The van der Waals surface area contributed by atoms with E-state index in [2.05, 4.69) is 0 Å². The molecule has 1 rings (SSSR count). The third-order valence-electron chi connectivity index (χ3n) is 3.24. The summed E-state index contributed by atoms with van der Waals surface area (Å²) in [7, 11) is 1.72. The van der Waals surface area contributed by atoms with Crippen LogP contribution in [-0.4, -0.2) is 30.4 Å². The molecule has 1 aromatic rings. The number of carbonyl (C=O) groups is 1. The Balaban J connectivity index is 2.41. The van der Waals surface area contributed by atoms with E-state index >= 15 is 0 Å². The van der Waals surface area contributed by atoms with Crippen molar-refractivity contribution in [2.24, 2.45) is 5.73 Å². The first kappa shape index (κ1) is 15.6. The number of hydrogen-bond donors (Lipinski definition) is 1. The molecule has 0 heterocycles. The first-order valence-corrected chi connectivity index (χ1v) is 6.35. The topological polar surface area (TPSA) is 46.3 Å². The van der Waals surface area contributed by atoms with Crippen molar-refractivity contribution in [3.63, 3.8) is 0 Å². The van der Waals surface area contributed by atoms with E-state index in [4.69, 9.17) is 5.73 Å². The van der Waals surface area contributed by atoms with E-state index in [-0.39, 0.29) is 11.9 Å². The minimum absolute atomic E-state index is 0.00997. The lowest BCUT2D eigenvalue weighted by Crippen LogP contribution is -2.39. The summed E-state index contributed by atoms with van der Waals surface area (Å²) in [5, 5.41) is 0. The standard InChI is InChI=1S/C14H20F2N2O/c1-10(9-17)18(2)14(19)5-3-4-11-6-7-12(15)13(16)8-11/h6-8,10H,3-5,9,17H2,1-2H3. The van der Waals surface area contributed by atoms with Gasteiger partial charge in [-0.05, 0) is 37.5 Å². The van der Waals surface area contributed by atoms with Gasteiger partial charge in [-0.3, -0.25) is 4.79 Å². The second-order valence-electron chi connectivity index (χ2n) is 4.69. The fourth-order valence-electron chi connectivity index (χ4n) is 1.72. The molecule has 0 spiro atoms. The zero-order valence-corrected chi connectivity index (χ0v) is 11.3. The molecule has 0 bridgehead atoms. The molecular formula is C14H20F2N2O. The van der Waals surface area contributed by atoms with Crippen LogP contribution >= 0.6 is 0 Å². The van der Waals surface area contributed by atoms with Crippen LogP contribution in [0.4, 0.5) is 8.78 Å². The summed E-state index contributed by atoms with van der Waals surface area (Å²) in [5.41, 5.74) is 6.19. The van der Waals surface area contributed by atoms with Crippen molar-refractivity contribution in [1.29, 1.82) is 0 Å². The number of halogens is 2. The van der Waals surface area contributed by atoms with Gasteiger partial charge in [0.05, 0.1) is 0 Å². The monoisotopic (exact) mass is 270 g/mol. The molecule has 0 aliphatic rings. The molecule has 0 radical (unpaired) electrons. The third kappa shape index (κ3) is 4.59. The number of aryl methyl sites for hydroxylation is 1. The molecule has 1 amide bonds. The smallest absolute Gasteiger partial charge is 0.222 e. The molecule has 0 aromatic heterocycles. The molecule has 5 heteroatoms. The van der Waals surface area contributed by atoms with Gasteiger partial charge in [-0.2, -0.15) is 0 Å². The number of likely N-dealkylation sites (N-methyl/N-ethyl adjacent to an activating group) is 1. The first-order valence-electron chi connectivity index (χ1n) is 6.35. The molecule has 3 nitrogen and oxygen atoms in total. The molecule has 0 saturated carbocycles. The predicted molar refractivity (Wildman–Crippen MR) is 70.6 cm³/mol. The number of benzene rings is 1. The molecular weight excluding hydrogens is 250 g/mol. The molecule has 1 atom stereocenters. The van der Waals surface area contributed by atoms with Crippen LogP contribution < -0.4 is 5.73 Å². The van der Waals surface area contributed by atoms with Gasteiger partial charge in [0.2, 0.25) is 5.91 Å². The van der Waals surface area contributed by atoms with Gasteiger partial charge in [0, 0.05) is 26.1 Å². The van der Waals surface area contributed by atoms with Gasteiger partial charge < -0.3 is 10.6 Å². The summed E-state index contributed by atoms with van der Waals surface area (Å²) >= 11 is 0. The van der Waals surface area contributed by atoms with Crippen LogP contribution in [0.15, 0.2) is 18.2 Å². The number of nitrogens with zero attached hydrogens (tertiary/aromatic N) is 1. The molecule has 2 N–H and O–H groups in total. The zero-order valence-electron chi connectivity index (χ0n) is 11.3. The fourth-order valence-corrected chi connectivity index (χ4v) is 1.72. The van der Waals surface area contributed by atoms with E-state index in [9.17, 15) is 13.6 Å². The van der Waals surface area contributed by atoms with Crippen LogP contribution in [0.2, 0.25) is 0 Å². The highest BCUT2D eigenvalue weighted by Crippen LogP contribution is 2.12. The Morgan fingerprint density at radius 1 is 1.37 bits per heavy atom. The number of nitrogens with two attached hydrogens (primary N) is 1. The average Bonchev–Trinajstić information content (AvgIpc) is 2.40. The molecule has 0 aliphatic heterocycles. The second-order valence-corrected chi connectivity index (χ2v) is 4.69. The van der Waals surface area contributed by atoms with Gasteiger partial charge in [-0.1, -0.05) is 6.07 Å². The Morgan fingerprint density at radius 2 is 2.05 bits per heavy atom. The molecule has 1 unspecified atom stereocenters. The molecule has 1 aromatic carbocycles. The van der Waals surface area contributed by atoms with E-state index in [0.717, 1.165) is 6.07 Å². The van der Waals surface area contributed by atoms with Crippen molar-refractivity contribution in [3.05, 3.63) is 35.4 Å². The van der Waals surface area contributed by atoms with Gasteiger partial charge >= 0.3 is 0 Å². The maximum Gasteiger partial charge on any atom is 0.222 e. The second kappa shape index (κ2) is 7.19. The van der Waals surface area contributed by atoms with Crippen molar-refractivity contribution >= 4 is 5.91 Å². The molecule has 106 valence electrons. The summed E-state index contributed by atoms with van der Waals surface area (Å²) in [6.07, 6.45) is 1.53. The highest BCUT2D eigenvalue weighted by Gasteiger charge is 2.13. The Kier molecular flexibility index (Phi) is 5.89. The summed E-state index contributed by atoms with van der Waals surface area (Å²) in [6, 6.07) is 3.83. The molecule has 0 fully saturated rings. The van der Waals surface area contributed by atoms with Crippen LogP contribution in [0.5, 0.6) is 0 Å².